The SMILES string of the molecule is CC1(C)c2ccccc2-c2cc(N(c3ccc4c5c6ccccc6ccc5n(-c5ccccc5)c4c3)c3cccc4nc(-c5ccccc5)oc34)ccc21. The number of para-hydroxylation sites is 2. The summed E-state index contributed by atoms with van der Waals surface area (Å²) in [4.78, 5) is 7.33. The number of fused-ring (bicyclic) bond motifs is 9. The van der Waals surface area contributed by atoms with Gasteiger partial charge in [0.05, 0.1) is 16.7 Å². The van der Waals surface area contributed by atoms with Gasteiger partial charge in [-0.1, -0.05) is 123 Å². The minimum Gasteiger partial charge on any atom is -0.434 e. The van der Waals surface area contributed by atoms with Gasteiger partial charge >= 0.3 is 0 Å². The lowest BCUT2D eigenvalue weighted by molar-refractivity contribution is 0.620. The fourth-order valence-corrected chi connectivity index (χ4v) is 8.86. The van der Waals surface area contributed by atoms with Crippen LogP contribution in [0.3, 0.4) is 0 Å². The largest absolute Gasteiger partial charge is 0.434 e. The normalized spacial score (nSPS) is 13.1. The molecule has 54 heavy (non-hydrogen) atoms. The molecule has 0 radical (unpaired) electrons. The summed E-state index contributed by atoms with van der Waals surface area (Å²) in [5, 5.41) is 4.95. The summed E-state index contributed by atoms with van der Waals surface area (Å²) < 4.78 is 9.12. The number of aromatic nitrogens is 2. The van der Waals surface area contributed by atoms with Crippen molar-refractivity contribution in [2.45, 2.75) is 19.3 Å². The van der Waals surface area contributed by atoms with Crippen LogP contribution in [-0.4, -0.2) is 9.55 Å². The van der Waals surface area contributed by atoms with E-state index in [0.717, 1.165) is 44.9 Å². The van der Waals surface area contributed by atoms with Crippen molar-refractivity contribution in [2.75, 3.05) is 4.90 Å². The van der Waals surface area contributed by atoms with E-state index in [1.54, 1.807) is 0 Å². The number of benzene rings is 8. The van der Waals surface area contributed by atoms with Gasteiger partial charge in [-0.3, -0.25) is 0 Å². The molecule has 0 fully saturated rings. The fourth-order valence-electron chi connectivity index (χ4n) is 8.86. The van der Waals surface area contributed by atoms with Gasteiger partial charge in [-0.25, -0.2) is 4.98 Å². The van der Waals surface area contributed by atoms with Crippen molar-refractivity contribution < 1.29 is 4.42 Å². The molecule has 256 valence electrons. The molecule has 0 spiro atoms. The van der Waals surface area contributed by atoms with Crippen LogP contribution in [0, 0.1) is 0 Å². The van der Waals surface area contributed by atoms with E-state index in [9.17, 15) is 0 Å². The first-order valence-corrected chi connectivity index (χ1v) is 18.6. The van der Waals surface area contributed by atoms with Crippen LogP contribution in [0.4, 0.5) is 17.1 Å². The molecule has 0 aliphatic heterocycles. The second-order valence-electron chi connectivity index (χ2n) is 14.8. The van der Waals surface area contributed by atoms with Crippen LogP contribution in [0.15, 0.2) is 180 Å². The summed E-state index contributed by atoms with van der Waals surface area (Å²) >= 11 is 0. The van der Waals surface area contributed by atoms with E-state index in [1.807, 2.05) is 36.4 Å². The molecule has 2 heterocycles. The highest BCUT2D eigenvalue weighted by molar-refractivity contribution is 6.21. The maximum absolute atomic E-state index is 6.71. The molecule has 2 aromatic heterocycles. The third kappa shape index (κ3) is 4.47. The third-order valence-electron chi connectivity index (χ3n) is 11.4. The van der Waals surface area contributed by atoms with Crippen LogP contribution >= 0.6 is 0 Å². The zero-order chi connectivity index (χ0) is 36.0. The molecule has 0 N–H and O–H groups in total. The predicted molar refractivity (Wildman–Crippen MR) is 224 cm³/mol. The van der Waals surface area contributed by atoms with Gasteiger partial charge < -0.3 is 13.9 Å². The van der Waals surface area contributed by atoms with Crippen LogP contribution in [0.2, 0.25) is 0 Å². The molecule has 0 atom stereocenters. The molecule has 0 unspecified atom stereocenters. The molecule has 8 aromatic carbocycles. The number of rotatable bonds is 5. The zero-order valence-corrected chi connectivity index (χ0v) is 30.0. The van der Waals surface area contributed by atoms with Crippen LogP contribution in [-0.2, 0) is 5.41 Å². The van der Waals surface area contributed by atoms with Gasteiger partial charge in [-0.2, -0.15) is 0 Å². The molecule has 0 saturated carbocycles. The number of anilines is 3. The molecule has 10 aromatic rings. The lowest BCUT2D eigenvalue weighted by Gasteiger charge is -2.27. The second-order valence-corrected chi connectivity index (χ2v) is 14.8. The Labute approximate surface area is 313 Å². The summed E-state index contributed by atoms with van der Waals surface area (Å²) in [6.07, 6.45) is 0. The topological polar surface area (TPSA) is 34.2 Å². The Morgan fingerprint density at radius 2 is 1.28 bits per heavy atom. The summed E-state index contributed by atoms with van der Waals surface area (Å²) in [5.74, 6) is 0.606. The lowest BCUT2D eigenvalue weighted by Crippen LogP contribution is -2.15. The van der Waals surface area contributed by atoms with Crippen LogP contribution in [0.1, 0.15) is 25.0 Å². The van der Waals surface area contributed by atoms with E-state index in [1.165, 1.54) is 49.3 Å². The average Bonchev–Trinajstić information content (AvgIpc) is 3.88. The lowest BCUT2D eigenvalue weighted by atomic mass is 9.82. The molecule has 1 aliphatic carbocycles. The van der Waals surface area contributed by atoms with Crippen molar-refractivity contribution in [3.8, 4) is 28.3 Å². The van der Waals surface area contributed by atoms with Gasteiger partial charge in [0, 0.05) is 38.8 Å². The maximum Gasteiger partial charge on any atom is 0.227 e. The molecular weight excluding hydrogens is 659 g/mol. The highest BCUT2D eigenvalue weighted by Crippen LogP contribution is 2.51. The van der Waals surface area contributed by atoms with Crippen molar-refractivity contribution >= 4 is 60.7 Å². The average molecular weight is 694 g/mol. The minimum atomic E-state index is -0.0941. The summed E-state index contributed by atoms with van der Waals surface area (Å²) in [6.45, 7) is 4.66. The Morgan fingerprint density at radius 1 is 0.556 bits per heavy atom. The molecule has 4 nitrogen and oxygen atoms in total. The van der Waals surface area contributed by atoms with Crippen molar-refractivity contribution in [3.63, 3.8) is 0 Å². The molecule has 4 heteroatoms. The molecule has 0 bridgehead atoms. The number of oxazole rings is 1. The van der Waals surface area contributed by atoms with E-state index in [2.05, 4.69) is 163 Å². The number of hydrogen-bond donors (Lipinski definition) is 0. The predicted octanol–water partition coefficient (Wildman–Crippen LogP) is 13.5. The third-order valence-corrected chi connectivity index (χ3v) is 11.4. The van der Waals surface area contributed by atoms with Gasteiger partial charge in [0.25, 0.3) is 0 Å². The second kappa shape index (κ2) is 11.5. The van der Waals surface area contributed by atoms with Gasteiger partial charge in [-0.05, 0) is 99.8 Å². The quantitative estimate of drug-likeness (QED) is 0.180. The summed E-state index contributed by atoms with van der Waals surface area (Å²) in [6, 6.07) is 63.0. The molecule has 0 amide bonds. The Morgan fingerprint density at radius 3 is 2.15 bits per heavy atom. The Hall–Kier alpha value is -6.91. The Balaban J connectivity index is 1.20. The summed E-state index contributed by atoms with van der Waals surface area (Å²) in [5.41, 5.74) is 14.1. The van der Waals surface area contributed by atoms with Crippen molar-refractivity contribution in [1.82, 2.24) is 9.55 Å². The van der Waals surface area contributed by atoms with Crippen molar-refractivity contribution in [3.05, 3.63) is 187 Å². The highest BCUT2D eigenvalue weighted by atomic mass is 16.3. The Kier molecular flexibility index (Phi) is 6.56. The molecule has 1 aliphatic rings. The van der Waals surface area contributed by atoms with Crippen LogP contribution < -0.4 is 4.90 Å². The van der Waals surface area contributed by atoms with E-state index < -0.39 is 0 Å². The summed E-state index contributed by atoms with van der Waals surface area (Å²) in [7, 11) is 0. The molecule has 11 rings (SSSR count). The number of hydrogen-bond acceptors (Lipinski definition) is 3. The van der Waals surface area contributed by atoms with Gasteiger partial charge in [0.2, 0.25) is 5.89 Å². The zero-order valence-electron chi connectivity index (χ0n) is 30.0. The van der Waals surface area contributed by atoms with E-state index in [4.69, 9.17) is 9.40 Å². The first-order chi connectivity index (χ1) is 26.5. The van der Waals surface area contributed by atoms with Gasteiger partial charge in [0.15, 0.2) is 5.58 Å². The fraction of sp³-hybridized carbons (Fsp3) is 0.0600. The van der Waals surface area contributed by atoms with E-state index >= 15 is 0 Å². The number of nitrogens with zero attached hydrogens (tertiary/aromatic N) is 3. The van der Waals surface area contributed by atoms with Gasteiger partial charge in [0.1, 0.15) is 5.52 Å². The Bertz CT molecular complexity index is 3080. The highest BCUT2D eigenvalue weighted by Gasteiger charge is 2.36. The molecule has 0 saturated heterocycles. The van der Waals surface area contributed by atoms with Crippen LogP contribution in [0.5, 0.6) is 0 Å². The van der Waals surface area contributed by atoms with E-state index in [-0.39, 0.29) is 5.41 Å². The van der Waals surface area contributed by atoms with Crippen molar-refractivity contribution in [2.24, 2.45) is 0 Å². The first-order valence-electron chi connectivity index (χ1n) is 18.6. The monoisotopic (exact) mass is 693 g/mol. The first kappa shape index (κ1) is 30.7. The van der Waals surface area contributed by atoms with E-state index in [0.29, 0.717) is 5.89 Å². The standard InChI is InChI=1S/C50H35N3O/c1-50(2)41-21-12-11-20-38(41)40-30-35(26-28-42(40)50)52(45-23-13-22-43-48(45)54-49(51-43)33-15-5-3-6-16-33)36-25-27-39-46(31-36)53(34-17-7-4-8-18-34)44-29-24-32-14-9-10-19-37(32)47(39)44/h3-31H,1-2H3. The smallest absolute Gasteiger partial charge is 0.227 e. The minimum absolute atomic E-state index is 0.0941. The van der Waals surface area contributed by atoms with Gasteiger partial charge in [-0.15, -0.1) is 0 Å². The van der Waals surface area contributed by atoms with Crippen molar-refractivity contribution in [1.29, 1.82) is 0 Å². The maximum atomic E-state index is 6.71. The molecular formula is C50H35N3O. The van der Waals surface area contributed by atoms with Crippen LogP contribution in [0.25, 0.3) is 71.9 Å².